The molecule has 0 radical (unpaired) electrons. The van der Waals surface area contributed by atoms with Crippen molar-refractivity contribution in [2.45, 2.75) is 4.90 Å². The van der Waals surface area contributed by atoms with Crippen LogP contribution in [0.25, 0.3) is 22.3 Å². The molecule has 29 heavy (non-hydrogen) atoms. The lowest BCUT2D eigenvalue weighted by molar-refractivity contribution is 0.601. The van der Waals surface area contributed by atoms with Gasteiger partial charge in [-0.25, -0.2) is 8.42 Å². The fraction of sp³-hybridized carbons (Fsp3) is 0.0417. The summed E-state index contributed by atoms with van der Waals surface area (Å²) in [4.78, 5) is 13.3. The van der Waals surface area contributed by atoms with Crippen LogP contribution in [0.15, 0.2) is 93.0 Å². The van der Waals surface area contributed by atoms with Crippen LogP contribution in [-0.2, 0) is 9.84 Å². The molecule has 3 aromatic carbocycles. The molecule has 5 heteroatoms. The predicted octanol–water partition coefficient (Wildman–Crippen LogP) is 4.26. The highest BCUT2D eigenvalue weighted by atomic mass is 32.2. The third-order valence-electron chi connectivity index (χ3n) is 4.45. The third kappa shape index (κ3) is 3.84. The number of benzene rings is 3. The summed E-state index contributed by atoms with van der Waals surface area (Å²) in [6, 6.07) is 22.6. The second-order valence-corrected chi connectivity index (χ2v) is 8.56. The van der Waals surface area contributed by atoms with Crippen molar-refractivity contribution in [1.29, 1.82) is 0 Å². The molecule has 0 N–H and O–H groups in total. The fourth-order valence-electron chi connectivity index (χ4n) is 2.97. The molecule has 4 nitrogen and oxygen atoms in total. The monoisotopic (exact) mass is 400 g/mol. The van der Waals surface area contributed by atoms with Gasteiger partial charge in [0, 0.05) is 17.4 Å². The number of sulfone groups is 1. The Hall–Kier alpha value is -3.62. The molecule has 0 amide bonds. The largest absolute Gasteiger partial charge is 0.454 e. The Morgan fingerprint density at radius 3 is 2.14 bits per heavy atom. The van der Waals surface area contributed by atoms with Crippen molar-refractivity contribution in [1.82, 2.24) is 0 Å². The topological polar surface area (TPSA) is 64.3 Å². The zero-order valence-corrected chi connectivity index (χ0v) is 16.4. The van der Waals surface area contributed by atoms with Crippen molar-refractivity contribution in [3.8, 4) is 23.2 Å². The molecular formula is C24H16O4S. The third-order valence-corrected chi connectivity index (χ3v) is 5.58. The second kappa shape index (κ2) is 7.42. The van der Waals surface area contributed by atoms with E-state index < -0.39 is 9.84 Å². The highest BCUT2D eigenvalue weighted by Crippen LogP contribution is 2.26. The van der Waals surface area contributed by atoms with E-state index in [2.05, 4.69) is 11.8 Å². The molecule has 0 aliphatic rings. The van der Waals surface area contributed by atoms with Crippen molar-refractivity contribution in [2.75, 3.05) is 6.26 Å². The molecule has 4 rings (SSSR count). The van der Waals surface area contributed by atoms with Crippen LogP contribution in [0.2, 0.25) is 0 Å². The van der Waals surface area contributed by atoms with E-state index >= 15 is 0 Å². The molecule has 0 fully saturated rings. The molecule has 1 heterocycles. The maximum absolute atomic E-state index is 13.1. The molecular weight excluding hydrogens is 384 g/mol. The number of hydrogen-bond donors (Lipinski definition) is 0. The van der Waals surface area contributed by atoms with E-state index in [0.29, 0.717) is 22.3 Å². The highest BCUT2D eigenvalue weighted by Gasteiger charge is 2.15. The van der Waals surface area contributed by atoms with Crippen molar-refractivity contribution in [3.05, 3.63) is 100 Å². The van der Waals surface area contributed by atoms with Gasteiger partial charge >= 0.3 is 0 Å². The van der Waals surface area contributed by atoms with E-state index in [1.54, 1.807) is 36.4 Å². The summed E-state index contributed by atoms with van der Waals surface area (Å²) in [5.74, 6) is 6.28. The summed E-state index contributed by atoms with van der Waals surface area (Å²) in [5.41, 5.74) is 1.82. The first-order chi connectivity index (χ1) is 13.9. The molecule has 0 spiro atoms. The van der Waals surface area contributed by atoms with Gasteiger partial charge in [-0.2, -0.15) is 0 Å². The van der Waals surface area contributed by atoms with E-state index in [1.165, 1.54) is 12.1 Å². The molecule has 0 aliphatic heterocycles. The Balaban J connectivity index is 1.95. The Labute approximate surface area is 168 Å². The molecule has 142 valence electrons. The minimum Gasteiger partial charge on any atom is -0.454 e. The van der Waals surface area contributed by atoms with Crippen LogP contribution in [-0.4, -0.2) is 14.7 Å². The van der Waals surface area contributed by atoms with Gasteiger partial charge in [-0.3, -0.25) is 4.79 Å². The second-order valence-electron chi connectivity index (χ2n) is 6.54. The van der Waals surface area contributed by atoms with Gasteiger partial charge in [0.05, 0.1) is 10.3 Å². The molecule has 0 atom stereocenters. The maximum Gasteiger partial charge on any atom is 0.208 e. The van der Waals surface area contributed by atoms with Gasteiger partial charge in [-0.15, -0.1) is 0 Å². The number of rotatable bonds is 2. The van der Waals surface area contributed by atoms with Crippen LogP contribution in [0.3, 0.4) is 0 Å². The average molecular weight is 400 g/mol. The standard InChI is InChI=1S/C24H16O4S/c1-29(26,27)19-14-12-18(13-15-19)24-21(16-11-17-7-3-2-4-8-17)23(25)20-9-5-6-10-22(20)28-24/h2-10,12-15H,1H3. The van der Waals surface area contributed by atoms with Gasteiger partial charge in [0.2, 0.25) is 5.43 Å². The Morgan fingerprint density at radius 1 is 0.793 bits per heavy atom. The van der Waals surface area contributed by atoms with Crippen LogP contribution < -0.4 is 5.43 Å². The average Bonchev–Trinajstić information content (AvgIpc) is 2.73. The Bertz CT molecular complexity index is 1420. The van der Waals surface area contributed by atoms with E-state index in [9.17, 15) is 13.2 Å². The smallest absolute Gasteiger partial charge is 0.208 e. The van der Waals surface area contributed by atoms with Crippen molar-refractivity contribution in [2.24, 2.45) is 0 Å². The number of fused-ring (bicyclic) bond motifs is 1. The van der Waals surface area contributed by atoms with E-state index in [-0.39, 0.29) is 15.9 Å². The summed E-state index contributed by atoms with van der Waals surface area (Å²) >= 11 is 0. The SMILES string of the molecule is CS(=O)(=O)c1ccc(-c2oc3ccccc3c(=O)c2C#Cc2ccccc2)cc1. The van der Waals surface area contributed by atoms with Gasteiger partial charge < -0.3 is 4.42 Å². The molecule has 0 bridgehead atoms. The Morgan fingerprint density at radius 2 is 1.45 bits per heavy atom. The molecule has 1 aromatic heterocycles. The zero-order valence-electron chi connectivity index (χ0n) is 15.5. The van der Waals surface area contributed by atoms with Crippen LogP contribution in [0.4, 0.5) is 0 Å². The molecule has 0 saturated carbocycles. The lowest BCUT2D eigenvalue weighted by Crippen LogP contribution is -2.08. The molecule has 0 unspecified atom stereocenters. The highest BCUT2D eigenvalue weighted by molar-refractivity contribution is 7.90. The first-order valence-electron chi connectivity index (χ1n) is 8.87. The van der Waals surface area contributed by atoms with Gasteiger partial charge in [-0.1, -0.05) is 42.2 Å². The maximum atomic E-state index is 13.1. The molecule has 0 aliphatic carbocycles. The normalized spacial score (nSPS) is 11.1. The fourth-order valence-corrected chi connectivity index (χ4v) is 3.60. The van der Waals surface area contributed by atoms with Gasteiger partial charge in [0.25, 0.3) is 0 Å². The molecule has 0 saturated heterocycles. The summed E-state index contributed by atoms with van der Waals surface area (Å²) in [6.45, 7) is 0. The lowest BCUT2D eigenvalue weighted by Gasteiger charge is -2.07. The van der Waals surface area contributed by atoms with E-state index in [1.807, 2.05) is 30.3 Å². The predicted molar refractivity (Wildman–Crippen MR) is 113 cm³/mol. The summed E-state index contributed by atoms with van der Waals surface area (Å²) in [7, 11) is -3.32. The quantitative estimate of drug-likeness (QED) is 0.472. The van der Waals surface area contributed by atoms with Gasteiger partial charge in [0.1, 0.15) is 11.1 Å². The lowest BCUT2D eigenvalue weighted by atomic mass is 10.0. The van der Waals surface area contributed by atoms with Gasteiger partial charge in [-0.05, 0) is 48.5 Å². The summed E-state index contributed by atoms with van der Waals surface area (Å²) in [6.07, 6.45) is 1.15. The number of hydrogen-bond acceptors (Lipinski definition) is 4. The minimum atomic E-state index is -3.32. The zero-order chi connectivity index (χ0) is 20.4. The van der Waals surface area contributed by atoms with E-state index in [4.69, 9.17) is 4.42 Å². The van der Waals surface area contributed by atoms with Crippen molar-refractivity contribution < 1.29 is 12.8 Å². The van der Waals surface area contributed by atoms with Gasteiger partial charge in [0.15, 0.2) is 15.6 Å². The first-order valence-corrected chi connectivity index (χ1v) is 10.8. The van der Waals surface area contributed by atoms with E-state index in [0.717, 1.165) is 11.8 Å². The summed E-state index contributed by atoms with van der Waals surface area (Å²) in [5, 5.41) is 0.446. The van der Waals surface area contributed by atoms with Crippen LogP contribution >= 0.6 is 0 Å². The van der Waals surface area contributed by atoms with Crippen molar-refractivity contribution in [3.63, 3.8) is 0 Å². The minimum absolute atomic E-state index is 0.196. The van der Waals surface area contributed by atoms with Crippen molar-refractivity contribution >= 4 is 20.8 Å². The summed E-state index contributed by atoms with van der Waals surface area (Å²) < 4.78 is 29.5. The first kappa shape index (κ1) is 18.7. The molecule has 4 aromatic rings. The number of para-hydroxylation sites is 1. The van der Waals surface area contributed by atoms with Crippen LogP contribution in [0.5, 0.6) is 0 Å². The van der Waals surface area contributed by atoms with Crippen LogP contribution in [0, 0.1) is 11.8 Å². The van der Waals surface area contributed by atoms with Crippen LogP contribution in [0.1, 0.15) is 11.1 Å². The Kier molecular flexibility index (Phi) is 4.79.